The van der Waals surface area contributed by atoms with E-state index < -0.39 is 0 Å². The highest BCUT2D eigenvalue weighted by Gasteiger charge is 2.19. The van der Waals surface area contributed by atoms with Crippen LogP contribution in [0.2, 0.25) is 0 Å². The maximum atomic E-state index is 10.9. The number of anilines is 3. The first kappa shape index (κ1) is 53.6. The molecule has 11 rings (SSSR count). The van der Waals surface area contributed by atoms with Crippen LogP contribution in [-0.4, -0.2) is 47.3 Å². The molecule has 3 heterocycles. The quantitative estimate of drug-likeness (QED) is 0.0535. The highest BCUT2D eigenvalue weighted by molar-refractivity contribution is 9.11. The Morgan fingerprint density at radius 2 is 1.03 bits per heavy atom. The van der Waals surface area contributed by atoms with Crippen molar-refractivity contribution < 1.29 is 4.92 Å². The zero-order valence-corrected chi connectivity index (χ0v) is 46.5. The average molecular weight is 1170 g/mol. The topological polar surface area (TPSA) is 158 Å². The molecule has 0 unspecified atom stereocenters. The van der Waals surface area contributed by atoms with Gasteiger partial charge in [-0.05, 0) is 142 Å². The molecule has 0 amide bonds. The number of hydrogen-bond donors (Lipinski definition) is 4. The van der Waals surface area contributed by atoms with Crippen molar-refractivity contribution in [1.29, 1.82) is 0 Å². The van der Waals surface area contributed by atoms with Gasteiger partial charge in [-0.15, -0.1) is 0 Å². The van der Waals surface area contributed by atoms with Crippen LogP contribution in [0, 0.1) is 33.8 Å². The molecule has 12 nitrogen and oxygen atoms in total. The highest BCUT2D eigenvalue weighted by Crippen LogP contribution is 2.33. The van der Waals surface area contributed by atoms with Crippen molar-refractivity contribution in [1.82, 2.24) is 29.3 Å². The molecule has 72 heavy (non-hydrogen) atoms. The molecule has 0 spiro atoms. The second-order valence-electron chi connectivity index (χ2n) is 20.5. The Bertz CT molecular complexity index is 2750. The molecule has 0 saturated heterocycles. The van der Waals surface area contributed by atoms with Crippen molar-refractivity contribution in [3.05, 3.63) is 121 Å². The lowest BCUT2D eigenvalue weighted by atomic mass is 9.89. The number of halogens is 3. The highest BCUT2D eigenvalue weighted by atomic mass is 79.9. The van der Waals surface area contributed by atoms with Crippen molar-refractivity contribution in [2.24, 2.45) is 23.7 Å². The van der Waals surface area contributed by atoms with E-state index in [4.69, 9.17) is 5.73 Å². The van der Waals surface area contributed by atoms with E-state index in [1.807, 2.05) is 30.9 Å². The number of benzene rings is 4. The Kier molecular flexibility index (Phi) is 20.5. The number of nitrogens with zero attached hydrogens (tertiary/aromatic N) is 6. The van der Waals surface area contributed by atoms with Crippen molar-refractivity contribution in [2.45, 2.75) is 142 Å². The first-order chi connectivity index (χ1) is 35.1. The van der Waals surface area contributed by atoms with Crippen LogP contribution in [-0.2, 0) is 13.1 Å². The van der Waals surface area contributed by atoms with Crippen LogP contribution in [0.4, 0.5) is 22.7 Å². The SMILES string of the molecule is Brc1ccc2ncn(CC3CCCCC3)c2c1.Nc1ccc(Br)cc1NCC1CCCCC1.O=[N+]([O-])c1ccc(Br)cc1NCC1CCCCC1.c1cc(-c2ccc3ncn(CC4CCCCC4)c3c2)[nH]n1. The van der Waals surface area contributed by atoms with E-state index in [-0.39, 0.29) is 10.6 Å². The molecule has 0 aliphatic heterocycles. The second-order valence-corrected chi connectivity index (χ2v) is 23.3. The first-order valence-corrected chi connectivity index (χ1v) is 29.0. The summed E-state index contributed by atoms with van der Waals surface area (Å²) in [6, 6.07) is 25.7. The van der Waals surface area contributed by atoms with Crippen LogP contribution in [0.25, 0.3) is 33.3 Å². The monoisotopic (exact) mass is 1170 g/mol. The molecule has 4 fully saturated rings. The van der Waals surface area contributed by atoms with Crippen LogP contribution in [0.1, 0.15) is 128 Å². The van der Waals surface area contributed by atoms with E-state index in [2.05, 4.69) is 130 Å². The number of nitrogens with two attached hydrogens (primary N) is 1. The number of nitrogen functional groups attached to an aromatic ring is 1. The van der Waals surface area contributed by atoms with Crippen LogP contribution in [0.5, 0.6) is 0 Å². The summed E-state index contributed by atoms with van der Waals surface area (Å²) >= 11 is 10.4. The number of imidazole rings is 2. The first-order valence-electron chi connectivity index (χ1n) is 26.7. The molecule has 384 valence electrons. The van der Waals surface area contributed by atoms with Crippen LogP contribution < -0.4 is 16.4 Å². The third-order valence-electron chi connectivity index (χ3n) is 15.2. The van der Waals surface area contributed by atoms with Gasteiger partial charge in [0.2, 0.25) is 0 Å². The number of H-pyrrole nitrogens is 1. The van der Waals surface area contributed by atoms with Gasteiger partial charge >= 0.3 is 0 Å². The lowest BCUT2D eigenvalue weighted by Crippen LogP contribution is -2.17. The van der Waals surface area contributed by atoms with Crippen molar-refractivity contribution in [3.63, 3.8) is 0 Å². The molecule has 5 N–H and O–H groups in total. The van der Waals surface area contributed by atoms with E-state index in [1.54, 1.807) is 18.3 Å². The van der Waals surface area contributed by atoms with E-state index in [9.17, 15) is 10.1 Å². The van der Waals surface area contributed by atoms with E-state index >= 15 is 0 Å². The van der Waals surface area contributed by atoms with Gasteiger partial charge in [-0.3, -0.25) is 15.2 Å². The zero-order chi connectivity index (χ0) is 50.1. The molecule has 4 aliphatic carbocycles. The van der Waals surface area contributed by atoms with Gasteiger partial charge in [0.1, 0.15) is 5.69 Å². The Morgan fingerprint density at radius 3 is 1.56 bits per heavy atom. The summed E-state index contributed by atoms with van der Waals surface area (Å²) in [6.45, 7) is 4.12. The minimum Gasteiger partial charge on any atom is -0.397 e. The van der Waals surface area contributed by atoms with Gasteiger partial charge in [-0.2, -0.15) is 5.10 Å². The smallest absolute Gasteiger partial charge is 0.292 e. The molecule has 4 aromatic carbocycles. The Labute approximate surface area is 451 Å². The summed E-state index contributed by atoms with van der Waals surface area (Å²) < 4.78 is 7.71. The summed E-state index contributed by atoms with van der Waals surface area (Å²) in [7, 11) is 0. The molecule has 0 atom stereocenters. The maximum Gasteiger partial charge on any atom is 0.292 e. The Morgan fingerprint density at radius 1 is 0.569 bits per heavy atom. The molecule has 15 heteroatoms. The fourth-order valence-corrected chi connectivity index (χ4v) is 12.1. The van der Waals surface area contributed by atoms with Crippen molar-refractivity contribution >= 4 is 92.6 Å². The molecule has 7 aromatic rings. The lowest BCUT2D eigenvalue weighted by Gasteiger charge is -2.22. The van der Waals surface area contributed by atoms with Crippen LogP contribution in [0.15, 0.2) is 111 Å². The van der Waals surface area contributed by atoms with E-state index in [0.717, 1.165) is 85.5 Å². The predicted octanol–water partition coefficient (Wildman–Crippen LogP) is 16.8. The largest absolute Gasteiger partial charge is 0.397 e. The Hall–Kier alpha value is -4.73. The van der Waals surface area contributed by atoms with Crippen molar-refractivity contribution in [2.75, 3.05) is 29.5 Å². The minimum atomic E-state index is -0.338. The predicted molar refractivity (Wildman–Crippen MR) is 307 cm³/mol. The van der Waals surface area contributed by atoms with Gasteiger partial charge in [-0.25, -0.2) is 9.97 Å². The lowest BCUT2D eigenvalue weighted by molar-refractivity contribution is -0.384. The van der Waals surface area contributed by atoms with Gasteiger partial charge in [0.15, 0.2) is 0 Å². The fourth-order valence-electron chi connectivity index (χ4n) is 11.0. The zero-order valence-electron chi connectivity index (χ0n) is 41.7. The fraction of sp³-hybridized carbons (Fsp3) is 0.491. The van der Waals surface area contributed by atoms with E-state index in [1.165, 1.54) is 151 Å². The minimum absolute atomic E-state index is 0.147. The normalized spacial score (nSPS) is 17.0. The number of nitrogens with one attached hydrogen (secondary N) is 3. The average Bonchev–Trinajstić information content (AvgIpc) is 4.19. The molecule has 0 radical (unpaired) electrons. The third kappa shape index (κ3) is 15.9. The maximum absolute atomic E-state index is 10.9. The number of hydrogen-bond acceptors (Lipinski definition) is 8. The van der Waals surface area contributed by atoms with Gasteiger partial charge in [0.05, 0.1) is 56.7 Å². The molecule has 4 saturated carbocycles. The van der Waals surface area contributed by atoms with Gasteiger partial charge < -0.3 is 25.5 Å². The number of fused-ring (bicyclic) bond motifs is 2. The number of aromatic nitrogens is 6. The number of nitro benzene ring substituents is 1. The summed E-state index contributed by atoms with van der Waals surface area (Å²) in [5.41, 5.74) is 15.5. The van der Waals surface area contributed by atoms with Gasteiger partial charge in [-0.1, -0.05) is 131 Å². The van der Waals surface area contributed by atoms with Crippen LogP contribution in [0.3, 0.4) is 0 Å². The molecule has 0 bridgehead atoms. The molecule has 4 aliphatic rings. The molecular formula is C57H73Br3N10O2. The molecular weight excluding hydrogens is 1100 g/mol. The van der Waals surface area contributed by atoms with Gasteiger partial charge in [0, 0.05) is 57.4 Å². The summed E-state index contributed by atoms with van der Waals surface area (Å²) in [6.07, 6.45) is 32.9. The number of aromatic amines is 1. The number of rotatable bonds is 12. The Balaban J connectivity index is 0.000000129. The van der Waals surface area contributed by atoms with E-state index in [0.29, 0.717) is 11.6 Å². The third-order valence-corrected chi connectivity index (χ3v) is 16.6. The molecule has 3 aromatic heterocycles. The number of nitro groups is 1. The summed E-state index contributed by atoms with van der Waals surface area (Å²) in [4.78, 5) is 19.6. The van der Waals surface area contributed by atoms with Gasteiger partial charge in [0.25, 0.3) is 5.69 Å². The van der Waals surface area contributed by atoms with Crippen LogP contribution >= 0.6 is 47.8 Å². The summed E-state index contributed by atoms with van der Waals surface area (Å²) in [5, 5.41) is 24.7. The second kappa shape index (κ2) is 27.5. The standard InChI is InChI=1S/C17H20N4.C14H17BrN2.C13H17BrN2O2.C13H19BrN2/c1-2-4-13(5-3-1)11-21-12-18-16-7-6-14(10-17(16)21)15-8-9-19-20-15;15-12-6-7-13-14(8-12)17(10-16-13)9-11-4-2-1-3-5-11;14-11-6-7-13(16(17)18)12(8-11)15-9-10-4-2-1-3-5-10;14-11-6-7-12(15)13(8-11)16-9-10-4-2-1-3-5-10/h6-10,12-13H,1-5,11H2,(H,19,20);6-8,10-11H,1-5,9H2;6-8,10,15H,1-5,9H2;6-8,10,16H,1-5,9,15H2. The summed E-state index contributed by atoms with van der Waals surface area (Å²) in [5.74, 6) is 3.14. The van der Waals surface area contributed by atoms with Crippen molar-refractivity contribution in [3.8, 4) is 11.3 Å².